The van der Waals surface area contributed by atoms with Crippen LogP contribution in [0.25, 0.3) is 0 Å². The van der Waals surface area contributed by atoms with Gasteiger partial charge in [0.25, 0.3) is 0 Å². The van der Waals surface area contributed by atoms with Crippen LogP contribution in [0.5, 0.6) is 0 Å². The number of hydrogen-bond acceptors (Lipinski definition) is 1. The van der Waals surface area contributed by atoms with Gasteiger partial charge in [0, 0.05) is 18.7 Å². The van der Waals surface area contributed by atoms with Gasteiger partial charge < -0.3 is 4.90 Å². The summed E-state index contributed by atoms with van der Waals surface area (Å²) in [5, 5.41) is 0. The van der Waals surface area contributed by atoms with Gasteiger partial charge in [-0.15, -0.1) is 0 Å². The molecule has 1 aromatic carbocycles. The van der Waals surface area contributed by atoms with Crippen molar-refractivity contribution in [1.29, 1.82) is 0 Å². The molecule has 0 spiro atoms. The number of carbonyl (C=O) groups excluding carboxylic acids is 1. The molecule has 0 unspecified atom stereocenters. The molecule has 0 aliphatic rings. The van der Waals surface area contributed by atoms with Crippen LogP contribution in [-0.2, 0) is 4.79 Å². The van der Waals surface area contributed by atoms with E-state index in [1.165, 1.54) is 38.5 Å². The van der Waals surface area contributed by atoms with Crippen molar-refractivity contribution in [2.75, 3.05) is 11.4 Å². The molecule has 1 amide bonds. The topological polar surface area (TPSA) is 20.3 Å². The highest BCUT2D eigenvalue weighted by Crippen LogP contribution is 2.16. The molecule has 0 N–H and O–H groups in total. The quantitative estimate of drug-likeness (QED) is 0.539. The molecule has 1 rings (SSSR count). The van der Waals surface area contributed by atoms with Crippen LogP contribution in [0.3, 0.4) is 0 Å². The van der Waals surface area contributed by atoms with Crippen molar-refractivity contribution in [1.82, 2.24) is 0 Å². The van der Waals surface area contributed by atoms with Crippen molar-refractivity contribution in [2.45, 2.75) is 65.2 Å². The Morgan fingerprint density at radius 2 is 1.50 bits per heavy atom. The van der Waals surface area contributed by atoms with Crippen LogP contribution < -0.4 is 4.90 Å². The van der Waals surface area contributed by atoms with E-state index in [1.807, 2.05) is 42.2 Å². The molecule has 1 aromatic rings. The summed E-state index contributed by atoms with van der Waals surface area (Å²) in [6.45, 7) is 5.02. The molecule has 0 atom stereocenters. The number of nitrogens with zero attached hydrogens (tertiary/aromatic N) is 1. The molecule has 0 fully saturated rings. The number of carbonyl (C=O) groups is 1. The fraction of sp³-hybridized carbons (Fsp3) is 0.611. The van der Waals surface area contributed by atoms with Crippen molar-refractivity contribution in [3.63, 3.8) is 0 Å². The molecule has 2 heteroatoms. The van der Waals surface area contributed by atoms with E-state index >= 15 is 0 Å². The molecule has 0 saturated carbocycles. The Hall–Kier alpha value is -1.31. The molecule has 20 heavy (non-hydrogen) atoms. The van der Waals surface area contributed by atoms with E-state index in [2.05, 4.69) is 6.92 Å². The van der Waals surface area contributed by atoms with Gasteiger partial charge in [-0.25, -0.2) is 0 Å². The van der Waals surface area contributed by atoms with Crippen LogP contribution in [0, 0.1) is 0 Å². The van der Waals surface area contributed by atoms with E-state index in [4.69, 9.17) is 0 Å². The number of anilines is 1. The van der Waals surface area contributed by atoms with Crippen molar-refractivity contribution in [2.24, 2.45) is 0 Å². The Morgan fingerprint density at radius 1 is 0.900 bits per heavy atom. The van der Waals surface area contributed by atoms with Gasteiger partial charge >= 0.3 is 0 Å². The molecule has 112 valence electrons. The minimum Gasteiger partial charge on any atom is -0.313 e. The Labute approximate surface area is 124 Å². The first-order valence-electron chi connectivity index (χ1n) is 8.15. The Balaban J connectivity index is 2.24. The summed E-state index contributed by atoms with van der Waals surface area (Å²) in [6, 6.07) is 9.97. The molecular formula is C18H29NO. The fourth-order valence-corrected chi connectivity index (χ4v) is 2.48. The lowest BCUT2D eigenvalue weighted by Crippen LogP contribution is -2.30. The number of para-hydroxylation sites is 1. The van der Waals surface area contributed by atoms with Crippen molar-refractivity contribution in [3.05, 3.63) is 30.3 Å². The second kappa shape index (κ2) is 10.5. The van der Waals surface area contributed by atoms with Crippen molar-refractivity contribution >= 4 is 11.6 Å². The Bertz CT molecular complexity index is 361. The predicted molar refractivity (Wildman–Crippen MR) is 87.1 cm³/mol. The number of benzene rings is 1. The highest BCUT2D eigenvalue weighted by atomic mass is 16.2. The van der Waals surface area contributed by atoms with E-state index in [0.717, 1.165) is 18.7 Å². The van der Waals surface area contributed by atoms with Crippen LogP contribution in [0.4, 0.5) is 5.69 Å². The fourth-order valence-electron chi connectivity index (χ4n) is 2.48. The first-order chi connectivity index (χ1) is 9.79. The second-order valence-corrected chi connectivity index (χ2v) is 5.34. The normalized spacial score (nSPS) is 10.5. The van der Waals surface area contributed by atoms with Gasteiger partial charge in [-0.3, -0.25) is 4.79 Å². The molecule has 0 radical (unpaired) electrons. The van der Waals surface area contributed by atoms with Gasteiger partial charge in [0.05, 0.1) is 0 Å². The SMILES string of the molecule is CCCCCCCCCC(=O)N(CC)c1ccccc1. The van der Waals surface area contributed by atoms with Gasteiger partial charge in [0.2, 0.25) is 5.91 Å². The minimum atomic E-state index is 0.257. The molecule has 0 aliphatic heterocycles. The van der Waals surface area contributed by atoms with Gasteiger partial charge in [-0.2, -0.15) is 0 Å². The average Bonchev–Trinajstić information content (AvgIpc) is 2.48. The van der Waals surface area contributed by atoms with Gasteiger partial charge in [-0.05, 0) is 25.5 Å². The zero-order chi connectivity index (χ0) is 14.6. The lowest BCUT2D eigenvalue weighted by atomic mass is 10.1. The van der Waals surface area contributed by atoms with E-state index in [0.29, 0.717) is 6.42 Å². The standard InChI is InChI=1S/C18H29NO/c1-3-5-6-7-8-9-13-16-18(20)19(4-2)17-14-11-10-12-15-17/h10-12,14-15H,3-9,13,16H2,1-2H3. The maximum absolute atomic E-state index is 12.2. The monoisotopic (exact) mass is 275 g/mol. The zero-order valence-corrected chi connectivity index (χ0v) is 13.1. The van der Waals surface area contributed by atoms with Crippen LogP contribution in [-0.4, -0.2) is 12.5 Å². The van der Waals surface area contributed by atoms with E-state index < -0.39 is 0 Å². The summed E-state index contributed by atoms with van der Waals surface area (Å²) in [7, 11) is 0. The Morgan fingerprint density at radius 3 is 2.10 bits per heavy atom. The molecular weight excluding hydrogens is 246 g/mol. The Kier molecular flexibility index (Phi) is 8.77. The van der Waals surface area contributed by atoms with Crippen molar-refractivity contribution in [3.8, 4) is 0 Å². The van der Waals surface area contributed by atoms with E-state index in [-0.39, 0.29) is 5.91 Å². The molecule has 0 heterocycles. The number of amides is 1. The average molecular weight is 275 g/mol. The molecule has 0 saturated heterocycles. The molecule has 2 nitrogen and oxygen atoms in total. The summed E-state index contributed by atoms with van der Waals surface area (Å²) in [5.74, 6) is 0.257. The highest BCUT2D eigenvalue weighted by Gasteiger charge is 2.12. The summed E-state index contributed by atoms with van der Waals surface area (Å²) in [5.41, 5.74) is 1.02. The maximum atomic E-state index is 12.2. The third-order valence-electron chi connectivity index (χ3n) is 3.68. The summed E-state index contributed by atoms with van der Waals surface area (Å²) in [6.07, 6.45) is 9.45. The number of hydrogen-bond donors (Lipinski definition) is 0. The van der Waals surface area contributed by atoms with E-state index in [9.17, 15) is 4.79 Å². The first kappa shape index (κ1) is 16.7. The molecule has 0 aliphatic carbocycles. The number of rotatable bonds is 10. The van der Waals surface area contributed by atoms with Gasteiger partial charge in [0.1, 0.15) is 0 Å². The first-order valence-corrected chi connectivity index (χ1v) is 8.15. The summed E-state index contributed by atoms with van der Waals surface area (Å²) >= 11 is 0. The van der Waals surface area contributed by atoms with E-state index in [1.54, 1.807) is 0 Å². The summed E-state index contributed by atoms with van der Waals surface area (Å²) in [4.78, 5) is 14.1. The third-order valence-corrected chi connectivity index (χ3v) is 3.68. The highest BCUT2D eigenvalue weighted by molar-refractivity contribution is 5.93. The van der Waals surface area contributed by atoms with Crippen LogP contribution in [0.15, 0.2) is 30.3 Å². The minimum absolute atomic E-state index is 0.257. The molecule has 0 bridgehead atoms. The largest absolute Gasteiger partial charge is 0.313 e. The third kappa shape index (κ3) is 6.23. The lowest BCUT2D eigenvalue weighted by molar-refractivity contribution is -0.118. The lowest BCUT2D eigenvalue weighted by Gasteiger charge is -2.21. The predicted octanol–water partition coefficient (Wildman–Crippen LogP) is 5.18. The van der Waals surface area contributed by atoms with Crippen LogP contribution >= 0.6 is 0 Å². The summed E-state index contributed by atoms with van der Waals surface area (Å²) < 4.78 is 0. The molecule has 0 aromatic heterocycles. The van der Waals surface area contributed by atoms with Crippen LogP contribution in [0.1, 0.15) is 65.2 Å². The van der Waals surface area contributed by atoms with Crippen LogP contribution in [0.2, 0.25) is 0 Å². The van der Waals surface area contributed by atoms with Crippen molar-refractivity contribution < 1.29 is 4.79 Å². The van der Waals surface area contributed by atoms with Gasteiger partial charge in [0.15, 0.2) is 0 Å². The number of unbranched alkanes of at least 4 members (excludes halogenated alkanes) is 6. The zero-order valence-electron chi connectivity index (χ0n) is 13.1. The van der Waals surface area contributed by atoms with Gasteiger partial charge in [-0.1, -0.05) is 63.6 Å². The second-order valence-electron chi connectivity index (χ2n) is 5.34. The smallest absolute Gasteiger partial charge is 0.226 e. The maximum Gasteiger partial charge on any atom is 0.226 e.